The van der Waals surface area contributed by atoms with Crippen molar-refractivity contribution in [2.45, 2.75) is 38.3 Å². The number of hydrogen-bond donors (Lipinski definition) is 3. The number of benzene rings is 2. The number of halogens is 2. The third kappa shape index (κ3) is 5.85. The lowest BCUT2D eigenvalue weighted by molar-refractivity contribution is -0.129. The fourth-order valence-corrected chi connectivity index (χ4v) is 5.87. The summed E-state index contributed by atoms with van der Waals surface area (Å²) in [6.07, 6.45) is 2.10. The predicted molar refractivity (Wildman–Crippen MR) is 164 cm³/mol. The number of carbonyl (C=O) groups is 1. The molecule has 0 radical (unpaired) electrons. The Bertz CT molecular complexity index is 1740. The molecule has 2 fully saturated rings. The molecule has 0 spiro atoms. The van der Waals surface area contributed by atoms with Crippen LogP contribution in [0.5, 0.6) is 11.5 Å². The van der Waals surface area contributed by atoms with Crippen molar-refractivity contribution >= 4 is 45.6 Å². The summed E-state index contributed by atoms with van der Waals surface area (Å²) in [6, 6.07) is 14.7. The van der Waals surface area contributed by atoms with Gasteiger partial charge in [0.15, 0.2) is 5.82 Å². The molecule has 2 aromatic heterocycles. The molecule has 4 heterocycles. The van der Waals surface area contributed by atoms with Crippen LogP contribution in [-0.4, -0.2) is 64.4 Å². The summed E-state index contributed by atoms with van der Waals surface area (Å²) in [5.74, 6) is 2.15. The number of nitrogens with one attached hydrogen (secondary N) is 3. The lowest BCUT2D eigenvalue weighted by Gasteiger charge is -2.41. The Morgan fingerprint density at radius 1 is 1.11 bits per heavy atom. The predicted octanol–water partition coefficient (Wildman–Crippen LogP) is 6.57. The zero-order valence-corrected chi connectivity index (χ0v) is 24.2. The second-order valence-electron chi connectivity index (χ2n) is 10.7. The molecule has 226 valence electrons. The number of carbonyl (C=O) groups excluding carboxylic acids is 1. The van der Waals surface area contributed by atoms with Crippen LogP contribution in [-0.2, 0) is 4.79 Å². The van der Waals surface area contributed by atoms with E-state index in [4.69, 9.17) is 15.3 Å². The van der Waals surface area contributed by atoms with Gasteiger partial charge in [0.05, 0.1) is 11.2 Å². The Morgan fingerprint density at radius 3 is 2.61 bits per heavy atom. The molecule has 13 heteroatoms. The van der Waals surface area contributed by atoms with E-state index in [0.717, 1.165) is 41.7 Å². The first kappa shape index (κ1) is 28.9. The molecule has 2 bridgehead atoms. The van der Waals surface area contributed by atoms with E-state index in [2.05, 4.69) is 30.6 Å². The zero-order chi connectivity index (χ0) is 30.8. The number of amides is 1. The van der Waals surface area contributed by atoms with Crippen LogP contribution in [0.15, 0.2) is 72.1 Å². The Hall–Kier alpha value is -5.20. The Kier molecular flexibility index (Phi) is 8.01. The fourth-order valence-electron chi connectivity index (χ4n) is 5.87. The molecule has 0 saturated carbocycles. The van der Waals surface area contributed by atoms with E-state index < -0.39 is 6.43 Å². The van der Waals surface area contributed by atoms with Gasteiger partial charge in [-0.25, -0.2) is 29.3 Å². The van der Waals surface area contributed by atoms with Crippen molar-refractivity contribution in [3.63, 3.8) is 0 Å². The highest BCUT2D eigenvalue weighted by Gasteiger charge is 2.42. The maximum Gasteiger partial charge on any atom is 0.257 e. The first-order chi connectivity index (χ1) is 21.3. The monoisotopic (exact) mass is 599 g/mol. The number of hydrogen-bond acceptors (Lipinski definition) is 10. The molecule has 2 aliphatic rings. The minimum absolute atomic E-state index is 0.0661. The Balaban J connectivity index is 1.19. The summed E-state index contributed by atoms with van der Waals surface area (Å²) >= 11 is 0. The van der Waals surface area contributed by atoms with E-state index in [-0.39, 0.29) is 18.0 Å². The van der Waals surface area contributed by atoms with E-state index in [1.54, 1.807) is 18.0 Å². The van der Waals surface area contributed by atoms with Gasteiger partial charge in [-0.3, -0.25) is 4.79 Å². The number of pyridine rings is 1. The summed E-state index contributed by atoms with van der Waals surface area (Å²) < 4.78 is 31.3. The van der Waals surface area contributed by atoms with Crippen LogP contribution in [0, 0.1) is 12.5 Å². The van der Waals surface area contributed by atoms with E-state index in [1.165, 1.54) is 6.33 Å². The third-order valence-electron chi connectivity index (χ3n) is 7.94. The third-order valence-corrected chi connectivity index (χ3v) is 7.94. The number of anilines is 4. The van der Waals surface area contributed by atoms with Gasteiger partial charge in [0, 0.05) is 50.1 Å². The minimum atomic E-state index is -2.65. The molecule has 2 atom stereocenters. The molecule has 11 nitrogen and oxygen atoms in total. The summed E-state index contributed by atoms with van der Waals surface area (Å²) in [5, 5.41) is 9.92. The van der Waals surface area contributed by atoms with Crippen molar-refractivity contribution in [3.8, 4) is 11.5 Å². The van der Waals surface area contributed by atoms with E-state index >= 15 is 0 Å². The van der Waals surface area contributed by atoms with Crippen LogP contribution in [0.3, 0.4) is 0 Å². The van der Waals surface area contributed by atoms with Crippen LogP contribution in [0.1, 0.15) is 18.4 Å². The second-order valence-corrected chi connectivity index (χ2v) is 10.7. The van der Waals surface area contributed by atoms with Crippen LogP contribution < -0.4 is 20.3 Å². The Labute approximate surface area is 252 Å². The number of aryl methyl sites for hydroxylation is 1. The topological polar surface area (TPSA) is 132 Å². The molecule has 2 aromatic carbocycles. The van der Waals surface area contributed by atoms with Crippen molar-refractivity contribution in [2.24, 2.45) is 5.11 Å². The van der Waals surface area contributed by atoms with E-state index in [0.29, 0.717) is 53.2 Å². The molecule has 2 unspecified atom stereocenters. The number of alkyl halides is 2. The van der Waals surface area contributed by atoms with Crippen LogP contribution in [0.4, 0.5) is 37.5 Å². The maximum absolute atomic E-state index is 12.6. The van der Waals surface area contributed by atoms with Gasteiger partial charge in [-0.2, -0.15) is 5.11 Å². The first-order valence-electron chi connectivity index (χ1n) is 14.2. The molecule has 6 rings (SSSR count). The van der Waals surface area contributed by atoms with E-state index in [1.807, 2.05) is 49.4 Å². The van der Waals surface area contributed by atoms with E-state index in [9.17, 15) is 13.6 Å². The Morgan fingerprint density at radius 2 is 1.91 bits per heavy atom. The van der Waals surface area contributed by atoms with Gasteiger partial charge in [-0.15, -0.1) is 0 Å². The second kappa shape index (κ2) is 12.2. The molecule has 44 heavy (non-hydrogen) atoms. The van der Waals surface area contributed by atoms with Crippen molar-refractivity contribution in [1.82, 2.24) is 19.9 Å². The lowest BCUT2D eigenvalue weighted by atomic mass is 10.1. The molecule has 1 amide bonds. The maximum atomic E-state index is 12.6. The van der Waals surface area contributed by atoms with Crippen molar-refractivity contribution in [1.29, 1.82) is 5.53 Å². The molecule has 3 N–H and O–H groups in total. The number of ether oxygens (including phenoxy) is 1. The molecular formula is C31H31F2N9O2. The standard InChI is InChI=1S/C31H31F2N9O2/c1-18-13-19(3-9-26(18)44-22-6-7-23(35-2)25(14-22)40-34)38-31-30-24(36-17-37-31)8-11-28(39-30)41-15-20-4-5-21(16-41)42(20)29(43)12-10-27(32)33/h3,6-14,17,20-21,27,34-35H,4-5,15-16H2,1-2H3,(H,36,37,38)/b12-10+,40-34?. The zero-order valence-electron chi connectivity index (χ0n) is 24.2. The van der Waals surface area contributed by atoms with Crippen molar-refractivity contribution in [2.75, 3.05) is 35.7 Å². The lowest BCUT2D eigenvalue weighted by Crippen LogP contribution is -2.55. The van der Waals surface area contributed by atoms with Crippen molar-refractivity contribution in [3.05, 3.63) is 72.6 Å². The summed E-state index contributed by atoms with van der Waals surface area (Å²) in [7, 11) is 1.77. The average Bonchev–Trinajstić information content (AvgIpc) is 3.29. The highest BCUT2D eigenvalue weighted by molar-refractivity contribution is 5.89. The quantitative estimate of drug-likeness (QED) is 0.145. The molecule has 2 aliphatic heterocycles. The van der Waals surface area contributed by atoms with Crippen molar-refractivity contribution < 1.29 is 18.3 Å². The summed E-state index contributed by atoms with van der Waals surface area (Å²) in [5.41, 5.74) is 11.6. The van der Waals surface area contributed by atoms with Gasteiger partial charge in [0.25, 0.3) is 6.43 Å². The SMILES string of the molecule is CNc1ccc(Oc2ccc(Nc3ncnc4ccc(N5CC6CCC(C5)N6C(=O)/C=C/C(F)F)nc34)cc2C)cc1N=N. The number of rotatable bonds is 9. The van der Waals surface area contributed by atoms with Crippen LogP contribution in [0.25, 0.3) is 11.0 Å². The smallest absolute Gasteiger partial charge is 0.257 e. The number of piperazine rings is 1. The fraction of sp³-hybridized carbons (Fsp3) is 0.290. The summed E-state index contributed by atoms with van der Waals surface area (Å²) in [6.45, 7) is 3.07. The van der Waals surface area contributed by atoms with Gasteiger partial charge in [-0.05, 0) is 73.9 Å². The number of allylic oxidation sites excluding steroid dienone is 1. The normalized spacial score (nSPS) is 17.8. The van der Waals surface area contributed by atoms with Gasteiger partial charge in [0.2, 0.25) is 5.91 Å². The molecular weight excluding hydrogens is 568 g/mol. The largest absolute Gasteiger partial charge is 0.457 e. The van der Waals surface area contributed by atoms with Gasteiger partial charge in [-0.1, -0.05) is 0 Å². The number of aromatic nitrogens is 3. The number of fused-ring (bicyclic) bond motifs is 3. The molecule has 2 saturated heterocycles. The van der Waals surface area contributed by atoms with Gasteiger partial charge >= 0.3 is 0 Å². The van der Waals surface area contributed by atoms with Gasteiger partial charge in [0.1, 0.15) is 34.8 Å². The molecule has 0 aliphatic carbocycles. The average molecular weight is 600 g/mol. The summed E-state index contributed by atoms with van der Waals surface area (Å²) in [4.78, 5) is 30.3. The molecule has 4 aromatic rings. The number of nitrogens with zero attached hydrogens (tertiary/aromatic N) is 6. The first-order valence-corrected chi connectivity index (χ1v) is 14.2. The highest BCUT2D eigenvalue weighted by atomic mass is 19.3. The highest BCUT2D eigenvalue weighted by Crippen LogP contribution is 2.35. The minimum Gasteiger partial charge on any atom is -0.457 e. The van der Waals surface area contributed by atoms with Crippen LogP contribution in [0.2, 0.25) is 0 Å². The van der Waals surface area contributed by atoms with Gasteiger partial charge < -0.3 is 25.2 Å². The van der Waals surface area contributed by atoms with Crippen LogP contribution >= 0.6 is 0 Å².